The summed E-state index contributed by atoms with van der Waals surface area (Å²) >= 11 is 1.15. The van der Waals surface area contributed by atoms with Crippen molar-refractivity contribution in [3.8, 4) is 5.75 Å². The fraction of sp³-hybridized carbons (Fsp3) is 0.381. The monoisotopic (exact) mass is 517 g/mol. The molecule has 1 aliphatic rings. The summed E-state index contributed by atoms with van der Waals surface area (Å²) in [5, 5.41) is 0. The van der Waals surface area contributed by atoms with Crippen molar-refractivity contribution in [1.82, 2.24) is 15.0 Å². The highest BCUT2D eigenvalue weighted by Crippen LogP contribution is 2.54. The molecule has 0 aliphatic carbocycles. The van der Waals surface area contributed by atoms with Gasteiger partial charge < -0.3 is 24.9 Å². The number of nitrogens with two attached hydrogens (primary N) is 1. The number of primary amides is 1. The lowest BCUT2D eigenvalue weighted by atomic mass is 9.81. The smallest absolute Gasteiger partial charge is 0.414 e. The van der Waals surface area contributed by atoms with E-state index < -0.39 is 53.5 Å². The predicted molar refractivity (Wildman–Crippen MR) is 118 cm³/mol. The van der Waals surface area contributed by atoms with Crippen molar-refractivity contribution in [3.63, 3.8) is 0 Å². The van der Waals surface area contributed by atoms with Crippen LogP contribution in [0.3, 0.4) is 0 Å². The van der Waals surface area contributed by atoms with Gasteiger partial charge in [0.05, 0.1) is 12.6 Å². The SMILES string of the molecule is COc1c(C2C(C)C(C(F)(F)F)O[C@H]2c2nc3c(NSC)nc(C(N)=O)cc3[nH]2)ccc(F)c1F. The minimum atomic E-state index is -4.74. The van der Waals surface area contributed by atoms with Crippen LogP contribution in [0, 0.1) is 17.6 Å². The number of aromatic nitrogens is 3. The Bertz CT molecular complexity index is 1280. The van der Waals surface area contributed by atoms with Gasteiger partial charge in [-0.3, -0.25) is 4.79 Å². The number of rotatable bonds is 6. The molecule has 3 unspecified atom stereocenters. The van der Waals surface area contributed by atoms with Crippen LogP contribution >= 0.6 is 11.9 Å². The van der Waals surface area contributed by atoms with E-state index >= 15 is 0 Å². The standard InChI is InChI=1S/C21H20F5N5O3S/c1-7-12(8-4-5-9(22)13(23)15(8)33-2)16(34-17(7)21(24,25)26)20-28-10-6-11(18(27)32)29-19(31-35-3)14(10)30-20/h4-7,12,16-17H,1-3H3,(H2,27,32)(H,28,30)(H,29,31)/t7?,12?,16-,17?/m1/s1. The van der Waals surface area contributed by atoms with Crippen LogP contribution < -0.4 is 15.2 Å². The van der Waals surface area contributed by atoms with Gasteiger partial charge in [-0.25, -0.2) is 14.4 Å². The summed E-state index contributed by atoms with van der Waals surface area (Å²) < 4.78 is 83.1. The van der Waals surface area contributed by atoms with Crippen molar-refractivity contribution in [2.75, 3.05) is 18.1 Å². The van der Waals surface area contributed by atoms with Crippen molar-refractivity contribution in [3.05, 3.63) is 46.9 Å². The van der Waals surface area contributed by atoms with E-state index in [0.717, 1.165) is 25.1 Å². The van der Waals surface area contributed by atoms with Gasteiger partial charge in [0.15, 0.2) is 23.5 Å². The highest BCUT2D eigenvalue weighted by molar-refractivity contribution is 7.99. The molecule has 1 fully saturated rings. The van der Waals surface area contributed by atoms with E-state index in [9.17, 15) is 26.7 Å². The Hall–Kier alpha value is -3.13. The Kier molecular flexibility index (Phi) is 6.53. The topological polar surface area (TPSA) is 115 Å². The first kappa shape index (κ1) is 25.0. The van der Waals surface area contributed by atoms with E-state index in [1.165, 1.54) is 19.1 Å². The molecule has 188 valence electrons. The third-order valence-corrected chi connectivity index (χ3v) is 6.24. The molecule has 0 bridgehead atoms. The van der Waals surface area contributed by atoms with Gasteiger partial charge >= 0.3 is 6.18 Å². The molecule has 35 heavy (non-hydrogen) atoms. The summed E-state index contributed by atoms with van der Waals surface area (Å²) in [6, 6.07) is 3.30. The van der Waals surface area contributed by atoms with Gasteiger partial charge in [-0.05, 0) is 12.1 Å². The number of hydrogen-bond acceptors (Lipinski definition) is 7. The van der Waals surface area contributed by atoms with Gasteiger partial charge in [-0.1, -0.05) is 24.9 Å². The number of hydrogen-bond donors (Lipinski definition) is 3. The molecule has 3 aromatic rings. The van der Waals surface area contributed by atoms with E-state index in [1.54, 1.807) is 6.26 Å². The number of carbonyl (C=O) groups is 1. The third-order valence-electron chi connectivity index (χ3n) is 5.84. The summed E-state index contributed by atoms with van der Waals surface area (Å²) in [6.45, 7) is 1.31. The van der Waals surface area contributed by atoms with Crippen molar-refractivity contribution >= 4 is 34.7 Å². The Morgan fingerprint density at radius 1 is 1.29 bits per heavy atom. The number of amides is 1. The Balaban J connectivity index is 1.90. The molecule has 4 rings (SSSR count). The highest BCUT2D eigenvalue weighted by Gasteiger charge is 2.56. The first-order valence-corrected chi connectivity index (χ1v) is 11.4. The van der Waals surface area contributed by atoms with E-state index in [4.69, 9.17) is 15.2 Å². The number of benzene rings is 1. The molecule has 1 aromatic carbocycles. The lowest BCUT2D eigenvalue weighted by Crippen LogP contribution is -2.33. The third kappa shape index (κ3) is 4.35. The molecule has 14 heteroatoms. The molecule has 8 nitrogen and oxygen atoms in total. The number of anilines is 1. The highest BCUT2D eigenvalue weighted by atomic mass is 32.2. The van der Waals surface area contributed by atoms with E-state index in [2.05, 4.69) is 19.7 Å². The minimum Gasteiger partial charge on any atom is -0.493 e. The molecular weight excluding hydrogens is 497 g/mol. The summed E-state index contributed by atoms with van der Waals surface area (Å²) in [6.07, 6.45) is -6.61. The Morgan fingerprint density at radius 2 is 2.00 bits per heavy atom. The van der Waals surface area contributed by atoms with Crippen LogP contribution in [0.15, 0.2) is 18.2 Å². The second-order valence-electron chi connectivity index (χ2n) is 7.93. The van der Waals surface area contributed by atoms with Crippen LogP contribution in [-0.4, -0.2) is 46.5 Å². The first-order chi connectivity index (χ1) is 16.5. The largest absolute Gasteiger partial charge is 0.493 e. The predicted octanol–water partition coefficient (Wildman–Crippen LogP) is 4.46. The number of H-pyrrole nitrogens is 1. The molecule has 2 aromatic heterocycles. The molecule has 4 atom stereocenters. The number of nitrogens with one attached hydrogen (secondary N) is 2. The Labute approximate surface area is 199 Å². The lowest BCUT2D eigenvalue weighted by molar-refractivity contribution is -0.223. The van der Waals surface area contributed by atoms with Crippen molar-refractivity contribution in [2.45, 2.75) is 31.2 Å². The fourth-order valence-corrected chi connectivity index (χ4v) is 4.70. The van der Waals surface area contributed by atoms with Crippen LogP contribution in [0.4, 0.5) is 27.8 Å². The van der Waals surface area contributed by atoms with Crippen molar-refractivity contribution < 1.29 is 36.2 Å². The number of halogens is 5. The minimum absolute atomic E-state index is 0.00508. The summed E-state index contributed by atoms with van der Waals surface area (Å²) in [4.78, 5) is 23.1. The zero-order chi connectivity index (χ0) is 25.7. The maximum atomic E-state index is 14.5. The van der Waals surface area contributed by atoms with Crippen LogP contribution in [0.2, 0.25) is 0 Å². The van der Waals surface area contributed by atoms with Crippen LogP contribution in [-0.2, 0) is 4.74 Å². The molecule has 0 radical (unpaired) electrons. The van der Waals surface area contributed by atoms with Crippen molar-refractivity contribution in [1.29, 1.82) is 0 Å². The van der Waals surface area contributed by atoms with E-state index in [1.807, 2.05) is 0 Å². The maximum absolute atomic E-state index is 14.5. The molecule has 4 N–H and O–H groups in total. The second kappa shape index (κ2) is 9.15. The average molecular weight is 517 g/mol. The van der Waals surface area contributed by atoms with Gasteiger partial charge in [-0.2, -0.15) is 17.6 Å². The second-order valence-corrected chi connectivity index (χ2v) is 8.54. The number of imidazole rings is 1. The van der Waals surface area contributed by atoms with Gasteiger partial charge in [-0.15, -0.1) is 0 Å². The maximum Gasteiger partial charge on any atom is 0.414 e. The molecular formula is C21H20F5N5O3S. The van der Waals surface area contributed by atoms with Crippen LogP contribution in [0.1, 0.15) is 40.8 Å². The first-order valence-electron chi connectivity index (χ1n) is 10.2. The lowest BCUT2D eigenvalue weighted by Gasteiger charge is -2.23. The van der Waals surface area contributed by atoms with E-state index in [0.29, 0.717) is 0 Å². The van der Waals surface area contributed by atoms with Gasteiger partial charge in [0.1, 0.15) is 23.1 Å². The number of fused-ring (bicyclic) bond motifs is 1. The van der Waals surface area contributed by atoms with Gasteiger partial charge in [0, 0.05) is 23.7 Å². The van der Waals surface area contributed by atoms with Crippen LogP contribution in [0.5, 0.6) is 5.75 Å². The molecule has 1 aliphatic heterocycles. The van der Waals surface area contributed by atoms with Crippen molar-refractivity contribution in [2.24, 2.45) is 11.7 Å². The molecule has 1 amide bonds. The number of methoxy groups -OCH3 is 1. The molecule has 0 spiro atoms. The normalized spacial score (nSPS) is 22.5. The quantitative estimate of drug-likeness (QED) is 0.327. The van der Waals surface area contributed by atoms with Gasteiger partial charge in [0.2, 0.25) is 5.82 Å². The zero-order valence-electron chi connectivity index (χ0n) is 18.5. The summed E-state index contributed by atoms with van der Waals surface area (Å²) in [5.41, 5.74) is 5.73. The number of carbonyl (C=O) groups excluding carboxylic acids is 1. The zero-order valence-corrected chi connectivity index (χ0v) is 19.4. The van der Waals surface area contributed by atoms with Gasteiger partial charge in [0.25, 0.3) is 5.91 Å². The molecule has 0 saturated carbocycles. The van der Waals surface area contributed by atoms with Crippen LogP contribution in [0.25, 0.3) is 11.0 Å². The number of ether oxygens (including phenoxy) is 2. The number of alkyl halides is 3. The number of pyridine rings is 1. The van der Waals surface area contributed by atoms with E-state index in [-0.39, 0.29) is 33.9 Å². The number of aromatic amines is 1. The number of nitrogens with zero attached hydrogens (tertiary/aromatic N) is 2. The summed E-state index contributed by atoms with van der Waals surface area (Å²) in [5.74, 6) is -6.06. The average Bonchev–Trinajstić information content (AvgIpc) is 3.36. The molecule has 1 saturated heterocycles. The molecule has 3 heterocycles. The summed E-state index contributed by atoms with van der Waals surface area (Å²) in [7, 11) is 1.09. The Morgan fingerprint density at radius 3 is 2.60 bits per heavy atom. The fourth-order valence-electron chi connectivity index (χ4n) is 4.37.